The average Bonchev–Trinajstić information content (AvgIpc) is 2.84. The first-order chi connectivity index (χ1) is 14.1. The van der Waals surface area contributed by atoms with Gasteiger partial charge in [0.2, 0.25) is 0 Å². The quantitative estimate of drug-likeness (QED) is 0.723. The van der Waals surface area contributed by atoms with Crippen molar-refractivity contribution in [1.29, 1.82) is 0 Å². The van der Waals surface area contributed by atoms with E-state index in [9.17, 15) is 4.79 Å². The van der Waals surface area contributed by atoms with Crippen LogP contribution in [0.5, 0.6) is 0 Å². The summed E-state index contributed by atoms with van der Waals surface area (Å²) in [4.78, 5) is 18.3. The summed E-state index contributed by atoms with van der Waals surface area (Å²) in [6.45, 7) is 14.1. The van der Waals surface area contributed by atoms with E-state index < -0.39 is 23.9 Å². The number of carbonyl (C=O) groups is 1. The molecule has 0 spiro atoms. The second-order valence-corrected chi connectivity index (χ2v) is 9.60. The fourth-order valence-corrected chi connectivity index (χ4v) is 3.28. The Morgan fingerprint density at radius 3 is 2.36 bits per heavy atom. The lowest BCUT2D eigenvalue weighted by molar-refractivity contribution is 0.00578. The number of rotatable bonds is 2. The van der Waals surface area contributed by atoms with Crippen molar-refractivity contribution in [2.45, 2.75) is 84.0 Å². The van der Waals surface area contributed by atoms with Crippen molar-refractivity contribution in [2.24, 2.45) is 0 Å². The average molecular weight is 391 g/mol. The van der Waals surface area contributed by atoms with E-state index in [0.717, 1.165) is 0 Å². The molecule has 3 heterocycles. The second-order valence-electron chi connectivity index (χ2n) is 9.60. The van der Waals surface area contributed by atoms with Gasteiger partial charge in [-0.05, 0) is 78.9 Å². The largest absolute Gasteiger partial charge is 0.494 e. The second kappa shape index (κ2) is 7.34. The molecule has 1 aromatic rings. The van der Waals surface area contributed by atoms with Gasteiger partial charge < -0.3 is 18.9 Å². The maximum Gasteiger partial charge on any atom is 0.494 e. The third-order valence-electron chi connectivity index (χ3n) is 5.65. The monoisotopic (exact) mass is 391 g/mol. The Balaban J connectivity index is 1.82. The molecule has 0 aliphatic carbocycles. The normalized spacial score (nSPS) is 23.9. The number of hydrogen-bond acceptors (Lipinski definition) is 5. The summed E-state index contributed by atoms with van der Waals surface area (Å²) in [5.74, 6) is -0.0861. The first-order valence-corrected chi connectivity index (χ1v) is 9.94. The first-order valence-electron chi connectivity index (χ1n) is 11.4. The molecule has 2 aliphatic heterocycles. The van der Waals surface area contributed by atoms with Gasteiger partial charge in [0.05, 0.1) is 15.3 Å². The lowest BCUT2D eigenvalue weighted by Crippen LogP contribution is -2.41. The standard InChI is InChI=1S/C21H33BN2O4/c1-19(2,3)26-18(25)24-12-9-15(10-13-24)17-14-16(8-11-23-17)22-27-20(4,5)21(6,7)28-22/h8,11,14-15H,9-10,12-13H2,1-7H3/i8D,11D,14D. The highest BCUT2D eigenvalue weighted by molar-refractivity contribution is 6.62. The minimum atomic E-state index is -0.891. The zero-order valence-corrected chi connectivity index (χ0v) is 18.0. The molecule has 2 fully saturated rings. The van der Waals surface area contributed by atoms with Crippen LogP contribution in [0.3, 0.4) is 0 Å². The van der Waals surface area contributed by atoms with Crippen molar-refractivity contribution in [1.82, 2.24) is 9.88 Å². The topological polar surface area (TPSA) is 60.9 Å². The highest BCUT2D eigenvalue weighted by Crippen LogP contribution is 2.36. The molecule has 0 aromatic carbocycles. The molecule has 3 rings (SSSR count). The third kappa shape index (κ3) is 4.52. The lowest BCUT2D eigenvalue weighted by Gasteiger charge is -2.33. The van der Waals surface area contributed by atoms with Crippen LogP contribution in [0.15, 0.2) is 18.3 Å². The predicted molar refractivity (Wildman–Crippen MR) is 110 cm³/mol. The van der Waals surface area contributed by atoms with E-state index in [1.54, 1.807) is 4.90 Å². The van der Waals surface area contributed by atoms with Crippen LogP contribution in [0, 0.1) is 0 Å². The van der Waals surface area contributed by atoms with Crippen LogP contribution < -0.4 is 5.46 Å². The molecule has 2 saturated heterocycles. The number of carbonyl (C=O) groups excluding carboxylic acids is 1. The van der Waals surface area contributed by atoms with Crippen molar-refractivity contribution in [3.05, 3.63) is 24.0 Å². The van der Waals surface area contributed by atoms with Crippen LogP contribution in [-0.4, -0.2) is 53.0 Å². The summed E-state index contributed by atoms with van der Waals surface area (Å²) in [7, 11) is -0.891. The Kier molecular flexibility index (Phi) is 4.53. The Hall–Kier alpha value is -1.60. The Morgan fingerprint density at radius 2 is 1.82 bits per heavy atom. The molecule has 0 radical (unpaired) electrons. The fourth-order valence-electron chi connectivity index (χ4n) is 3.28. The van der Waals surface area contributed by atoms with Crippen LogP contribution in [0.25, 0.3) is 0 Å². The molecular formula is C21H33BN2O4. The summed E-state index contributed by atoms with van der Waals surface area (Å²) in [6, 6.07) is -0.0475. The number of nitrogens with zero attached hydrogens (tertiary/aromatic N) is 2. The van der Waals surface area contributed by atoms with Crippen molar-refractivity contribution in [2.75, 3.05) is 13.1 Å². The van der Waals surface area contributed by atoms with Crippen LogP contribution in [0.4, 0.5) is 4.79 Å². The third-order valence-corrected chi connectivity index (χ3v) is 5.65. The molecule has 1 amide bonds. The van der Waals surface area contributed by atoms with Gasteiger partial charge >= 0.3 is 13.2 Å². The van der Waals surface area contributed by atoms with Crippen molar-refractivity contribution in [3.63, 3.8) is 0 Å². The molecule has 0 bridgehead atoms. The van der Waals surface area contributed by atoms with Gasteiger partial charge in [0, 0.05) is 30.9 Å². The number of aromatic nitrogens is 1. The van der Waals surface area contributed by atoms with Gasteiger partial charge in [-0.15, -0.1) is 0 Å². The van der Waals surface area contributed by atoms with E-state index >= 15 is 0 Å². The number of pyridine rings is 1. The van der Waals surface area contributed by atoms with Crippen molar-refractivity contribution >= 4 is 18.7 Å². The molecule has 0 atom stereocenters. The number of ether oxygens (including phenoxy) is 1. The van der Waals surface area contributed by atoms with E-state index in [4.69, 9.17) is 18.2 Å². The number of likely N-dealkylation sites (tertiary alicyclic amines) is 1. The van der Waals surface area contributed by atoms with Crippen LogP contribution in [0.2, 0.25) is 0 Å². The summed E-state index contributed by atoms with van der Waals surface area (Å²) >= 11 is 0. The van der Waals surface area contributed by atoms with Gasteiger partial charge in [0.15, 0.2) is 0 Å². The fraction of sp³-hybridized carbons (Fsp3) is 0.714. The van der Waals surface area contributed by atoms with Gasteiger partial charge in [-0.1, -0.05) is 0 Å². The van der Waals surface area contributed by atoms with Crippen molar-refractivity contribution < 1.29 is 23.0 Å². The highest BCUT2D eigenvalue weighted by atomic mass is 16.7. The van der Waals surface area contributed by atoms with Gasteiger partial charge in [0.1, 0.15) is 5.60 Å². The van der Waals surface area contributed by atoms with Gasteiger partial charge in [-0.25, -0.2) is 4.79 Å². The molecule has 7 heteroatoms. The van der Waals surface area contributed by atoms with E-state index in [1.807, 2.05) is 48.5 Å². The van der Waals surface area contributed by atoms with E-state index in [1.165, 1.54) is 0 Å². The van der Waals surface area contributed by atoms with Gasteiger partial charge in [-0.2, -0.15) is 0 Å². The maximum atomic E-state index is 12.3. The Labute approximate surface area is 173 Å². The minimum absolute atomic E-state index is 0.0861. The van der Waals surface area contributed by atoms with Crippen LogP contribution in [0.1, 0.15) is 77.0 Å². The molecule has 6 nitrogen and oxygen atoms in total. The molecule has 0 N–H and O–H groups in total. The summed E-state index contributed by atoms with van der Waals surface area (Å²) < 4.78 is 42.9. The SMILES string of the molecule is [2H]c1nc(C2CCN(C(=O)OC(C)(C)C)CC2)c([2H])c(B2OC(C)(C)C(C)(C)O2)c1[2H]. The minimum Gasteiger partial charge on any atom is -0.444 e. The van der Waals surface area contributed by atoms with Gasteiger partial charge in [-0.3, -0.25) is 4.98 Å². The molecule has 0 saturated carbocycles. The summed E-state index contributed by atoms with van der Waals surface area (Å²) in [5, 5.41) is 0. The zero-order chi connectivity index (χ0) is 23.4. The number of hydrogen-bond donors (Lipinski definition) is 0. The zero-order valence-electron chi connectivity index (χ0n) is 21.0. The Bertz CT molecular complexity index is 849. The first kappa shape index (κ1) is 17.3. The number of piperidine rings is 1. The molecule has 154 valence electrons. The predicted octanol–water partition coefficient (Wildman–Crippen LogP) is 3.50. The highest BCUT2D eigenvalue weighted by Gasteiger charge is 2.51. The lowest BCUT2D eigenvalue weighted by atomic mass is 9.78. The Morgan fingerprint density at radius 1 is 1.25 bits per heavy atom. The van der Waals surface area contributed by atoms with E-state index in [-0.39, 0.29) is 35.7 Å². The maximum absolute atomic E-state index is 12.3. The van der Waals surface area contributed by atoms with E-state index in [2.05, 4.69) is 4.98 Å². The van der Waals surface area contributed by atoms with Gasteiger partial charge in [0.25, 0.3) is 0 Å². The summed E-state index contributed by atoms with van der Waals surface area (Å²) in [5.41, 5.74) is -1.05. The molecule has 0 unspecified atom stereocenters. The molecule has 2 aliphatic rings. The molecular weight excluding hydrogens is 355 g/mol. The number of amides is 1. The van der Waals surface area contributed by atoms with Crippen LogP contribution >= 0.6 is 0 Å². The smallest absolute Gasteiger partial charge is 0.444 e. The van der Waals surface area contributed by atoms with Crippen LogP contribution in [-0.2, 0) is 14.0 Å². The van der Waals surface area contributed by atoms with Crippen molar-refractivity contribution in [3.8, 4) is 0 Å². The molecule has 1 aromatic heterocycles. The molecule has 28 heavy (non-hydrogen) atoms. The van der Waals surface area contributed by atoms with E-state index in [0.29, 0.717) is 31.6 Å². The summed E-state index contributed by atoms with van der Waals surface area (Å²) in [6.07, 6.45) is 0.686.